The van der Waals surface area contributed by atoms with Crippen LogP contribution in [0.2, 0.25) is 0 Å². The molecule has 2 saturated carbocycles. The molecule has 2 aliphatic heterocycles. The maximum absolute atomic E-state index is 14.8. The van der Waals surface area contributed by atoms with Crippen molar-refractivity contribution in [3.05, 3.63) is 36.2 Å². The van der Waals surface area contributed by atoms with Gasteiger partial charge in [-0.3, -0.25) is 19.1 Å². The summed E-state index contributed by atoms with van der Waals surface area (Å²) in [5.41, 5.74) is -4.29. The summed E-state index contributed by atoms with van der Waals surface area (Å²) >= 11 is 0. The standard InChI is InChI=1S/C37H48F3N7O8S/c1-6-21-16-20(2)10-7-8-11-22-18-36(22,33(50)46-56(52,53)24-13-14-24)45-30(48)26-17-23(19-47(26)32(49)27(21)43-34(51)55-35(3,4)5)54-31-28(37(38,39)40)44-29-25(42-31)12-9-15-41-29/h8-9,11-12,15,20-24,26-27H,6-7,10,13-14,16-19H2,1-5H3,(H,43,51)(H,45,48)(H,46,50)/b11-8-/t20-,21-,22-,23-,26+,27+,36-/m1/s1. The van der Waals surface area contributed by atoms with E-state index in [-0.39, 0.29) is 29.9 Å². The Labute approximate surface area is 323 Å². The third kappa shape index (κ3) is 9.18. The molecule has 4 heterocycles. The lowest BCUT2D eigenvalue weighted by molar-refractivity contribution is -0.143. The molecule has 4 aliphatic rings. The van der Waals surface area contributed by atoms with E-state index in [1.807, 2.05) is 19.9 Å². The van der Waals surface area contributed by atoms with Gasteiger partial charge in [-0.2, -0.15) is 13.2 Å². The van der Waals surface area contributed by atoms with Gasteiger partial charge in [-0.15, -0.1) is 0 Å². The number of ether oxygens (including phenoxy) is 2. The van der Waals surface area contributed by atoms with Gasteiger partial charge in [0.05, 0.1) is 11.8 Å². The molecule has 0 bridgehead atoms. The molecule has 19 heteroatoms. The quantitative estimate of drug-likeness (QED) is 0.340. The zero-order chi connectivity index (χ0) is 40.8. The summed E-state index contributed by atoms with van der Waals surface area (Å²) in [6.07, 6.45) is 0.537. The third-order valence-electron chi connectivity index (χ3n) is 10.6. The minimum Gasteiger partial charge on any atom is -0.471 e. The molecule has 2 aliphatic carbocycles. The molecule has 3 fully saturated rings. The van der Waals surface area contributed by atoms with Crippen molar-refractivity contribution in [1.82, 2.24) is 35.2 Å². The lowest BCUT2D eigenvalue weighted by Crippen LogP contribution is -2.59. The van der Waals surface area contributed by atoms with Gasteiger partial charge in [0.1, 0.15) is 34.8 Å². The topological polar surface area (TPSA) is 199 Å². The number of alkyl halides is 3. The summed E-state index contributed by atoms with van der Waals surface area (Å²) in [6.45, 7) is 8.45. The number of alkyl carbamates (subject to hydrolysis) is 1. The molecule has 0 radical (unpaired) electrons. The van der Waals surface area contributed by atoms with Crippen LogP contribution in [-0.4, -0.2) is 93.2 Å². The minimum absolute atomic E-state index is 0.0145. The third-order valence-corrected chi connectivity index (χ3v) is 12.4. The SMILES string of the molecule is CC[C@@H]1C[C@H](C)CC/C=C\[C@@H]2C[C@@]2(C(=O)NS(=O)(=O)C2CC2)NC(=O)[C@@H]2C[C@@H](Oc3nc4cccnc4nc3C(F)(F)F)CN2C(=O)[C@H]1NC(=O)OC(C)(C)C. The molecule has 0 unspecified atom stereocenters. The first-order valence-electron chi connectivity index (χ1n) is 18.9. The molecule has 4 amide bonds. The Balaban J connectivity index is 1.38. The molecule has 306 valence electrons. The number of fused-ring (bicyclic) bond motifs is 3. The highest BCUT2D eigenvalue weighted by Crippen LogP contribution is 2.46. The number of hydrogen-bond donors (Lipinski definition) is 3. The van der Waals surface area contributed by atoms with E-state index in [1.54, 1.807) is 26.8 Å². The molecule has 0 aromatic carbocycles. The number of rotatable bonds is 7. The summed E-state index contributed by atoms with van der Waals surface area (Å²) in [4.78, 5) is 68.9. The molecule has 2 aromatic rings. The molecule has 15 nitrogen and oxygen atoms in total. The average molecular weight is 808 g/mol. The molecule has 6 rings (SSSR count). The van der Waals surface area contributed by atoms with Crippen molar-refractivity contribution in [3.63, 3.8) is 0 Å². The number of carbonyl (C=O) groups is 4. The molecular formula is C37H48F3N7O8S. The molecule has 56 heavy (non-hydrogen) atoms. The van der Waals surface area contributed by atoms with E-state index >= 15 is 0 Å². The van der Waals surface area contributed by atoms with Gasteiger partial charge in [-0.1, -0.05) is 32.4 Å². The van der Waals surface area contributed by atoms with Crippen molar-refractivity contribution < 1.29 is 50.2 Å². The van der Waals surface area contributed by atoms with E-state index in [0.29, 0.717) is 38.5 Å². The predicted octanol–water partition coefficient (Wildman–Crippen LogP) is 4.17. The van der Waals surface area contributed by atoms with Gasteiger partial charge in [0, 0.05) is 18.5 Å². The number of pyridine rings is 1. The number of sulfonamides is 1. The number of hydrogen-bond acceptors (Lipinski definition) is 11. The van der Waals surface area contributed by atoms with Crippen LogP contribution in [-0.2, 0) is 35.3 Å². The fraction of sp³-hybridized carbons (Fsp3) is 0.649. The minimum atomic E-state index is -5.01. The highest BCUT2D eigenvalue weighted by Gasteiger charge is 2.62. The van der Waals surface area contributed by atoms with Crippen molar-refractivity contribution in [2.45, 2.75) is 127 Å². The summed E-state index contributed by atoms with van der Waals surface area (Å²) in [5.74, 6) is -4.32. The van der Waals surface area contributed by atoms with Gasteiger partial charge >= 0.3 is 12.3 Å². The van der Waals surface area contributed by atoms with Gasteiger partial charge in [-0.05, 0) is 83.3 Å². The van der Waals surface area contributed by atoms with Crippen LogP contribution in [0.15, 0.2) is 30.5 Å². The first kappa shape index (κ1) is 41.1. The first-order chi connectivity index (χ1) is 26.2. The average Bonchev–Trinajstić information content (AvgIpc) is 4.03. The van der Waals surface area contributed by atoms with Crippen LogP contribution in [0.25, 0.3) is 11.2 Å². The fourth-order valence-corrected chi connectivity index (χ4v) is 8.82. The van der Waals surface area contributed by atoms with Gasteiger partial charge in [0.15, 0.2) is 5.65 Å². The van der Waals surface area contributed by atoms with Crippen LogP contribution in [0.3, 0.4) is 0 Å². The van der Waals surface area contributed by atoms with Gasteiger partial charge in [0.25, 0.3) is 5.91 Å². The largest absolute Gasteiger partial charge is 0.471 e. The molecule has 7 atom stereocenters. The second kappa shape index (κ2) is 15.4. The predicted molar refractivity (Wildman–Crippen MR) is 195 cm³/mol. The highest BCUT2D eigenvalue weighted by atomic mass is 32.2. The van der Waals surface area contributed by atoms with Crippen molar-refractivity contribution in [1.29, 1.82) is 0 Å². The van der Waals surface area contributed by atoms with Crippen LogP contribution >= 0.6 is 0 Å². The van der Waals surface area contributed by atoms with Crippen LogP contribution in [0, 0.1) is 17.8 Å². The number of halogens is 3. The van der Waals surface area contributed by atoms with Crippen LogP contribution in [0.4, 0.5) is 18.0 Å². The number of nitrogens with zero attached hydrogens (tertiary/aromatic N) is 4. The van der Waals surface area contributed by atoms with Gasteiger partial charge in [-0.25, -0.2) is 28.2 Å². The molecule has 2 aromatic heterocycles. The highest BCUT2D eigenvalue weighted by molar-refractivity contribution is 7.91. The van der Waals surface area contributed by atoms with Crippen molar-refractivity contribution in [2.75, 3.05) is 6.54 Å². The van der Waals surface area contributed by atoms with Crippen molar-refractivity contribution in [3.8, 4) is 5.88 Å². The van der Waals surface area contributed by atoms with Crippen molar-refractivity contribution in [2.24, 2.45) is 17.8 Å². The summed E-state index contributed by atoms with van der Waals surface area (Å²) in [5, 5.41) is 4.73. The van der Waals surface area contributed by atoms with E-state index in [9.17, 15) is 40.8 Å². The summed E-state index contributed by atoms with van der Waals surface area (Å²) in [6, 6.07) is 0.230. The number of amides is 4. The Kier molecular flexibility index (Phi) is 11.3. The Hall–Kier alpha value is -4.55. The zero-order valence-electron chi connectivity index (χ0n) is 31.9. The molecular weight excluding hydrogens is 760 g/mol. The van der Waals surface area contributed by atoms with Crippen LogP contribution in [0.1, 0.15) is 91.7 Å². The second-order valence-corrected chi connectivity index (χ2v) is 18.2. The number of aromatic nitrogens is 3. The summed E-state index contributed by atoms with van der Waals surface area (Å²) in [7, 11) is -4.00. The van der Waals surface area contributed by atoms with Crippen molar-refractivity contribution >= 4 is 45.0 Å². The number of allylic oxidation sites excluding steroid dienone is 1. The maximum Gasteiger partial charge on any atom is 0.438 e. The fourth-order valence-electron chi connectivity index (χ4n) is 7.45. The van der Waals surface area contributed by atoms with E-state index in [1.165, 1.54) is 18.3 Å². The van der Waals surface area contributed by atoms with E-state index in [2.05, 4.69) is 30.3 Å². The monoisotopic (exact) mass is 807 g/mol. The smallest absolute Gasteiger partial charge is 0.438 e. The van der Waals surface area contributed by atoms with Crippen LogP contribution < -0.4 is 20.1 Å². The lowest BCUT2D eigenvalue weighted by Gasteiger charge is -2.34. The van der Waals surface area contributed by atoms with Crippen LogP contribution in [0.5, 0.6) is 5.88 Å². The number of nitrogens with one attached hydrogen (secondary N) is 3. The summed E-state index contributed by atoms with van der Waals surface area (Å²) < 4.78 is 82.1. The Morgan fingerprint density at radius 1 is 1.11 bits per heavy atom. The van der Waals surface area contributed by atoms with Gasteiger partial charge < -0.3 is 25.0 Å². The zero-order valence-corrected chi connectivity index (χ0v) is 32.7. The Morgan fingerprint density at radius 3 is 2.50 bits per heavy atom. The van der Waals surface area contributed by atoms with E-state index < -0.39 is 105 Å². The lowest BCUT2D eigenvalue weighted by atomic mass is 9.85. The molecule has 0 spiro atoms. The normalized spacial score (nSPS) is 29.5. The maximum atomic E-state index is 14.8. The van der Waals surface area contributed by atoms with Gasteiger partial charge in [0.2, 0.25) is 33.4 Å². The van der Waals surface area contributed by atoms with E-state index in [0.717, 1.165) is 4.90 Å². The number of carbonyl (C=O) groups excluding carboxylic acids is 4. The Bertz CT molecular complexity index is 2000. The first-order valence-corrected chi connectivity index (χ1v) is 20.5. The second-order valence-electron chi connectivity index (χ2n) is 16.3. The van der Waals surface area contributed by atoms with E-state index in [4.69, 9.17) is 9.47 Å². The molecule has 1 saturated heterocycles. The Morgan fingerprint density at radius 2 is 1.84 bits per heavy atom. The molecule has 3 N–H and O–H groups in total.